The Morgan fingerprint density at radius 3 is 3.05 bits per heavy atom. The molecule has 6 heteroatoms. The third-order valence-electron chi connectivity index (χ3n) is 3.76. The quantitative estimate of drug-likeness (QED) is 0.869. The van der Waals surface area contributed by atoms with E-state index in [0.717, 1.165) is 26.0 Å². The highest BCUT2D eigenvalue weighted by Crippen LogP contribution is 2.20. The highest BCUT2D eigenvalue weighted by Gasteiger charge is 2.18. The summed E-state index contributed by atoms with van der Waals surface area (Å²) in [5.74, 6) is 0.234. The topological polar surface area (TPSA) is 51.1 Å². The van der Waals surface area contributed by atoms with Crippen molar-refractivity contribution in [1.82, 2.24) is 15.2 Å². The van der Waals surface area contributed by atoms with Crippen molar-refractivity contribution in [3.05, 3.63) is 36.3 Å². The molecule has 1 fully saturated rings. The second-order valence-corrected chi connectivity index (χ2v) is 5.52. The van der Waals surface area contributed by atoms with Gasteiger partial charge in [-0.15, -0.1) is 5.10 Å². The molecule has 0 bridgehead atoms. The second kappa shape index (κ2) is 6.79. The van der Waals surface area contributed by atoms with E-state index in [0.29, 0.717) is 17.2 Å². The maximum Gasteiger partial charge on any atom is 0.245 e. The first-order valence-corrected chi connectivity index (χ1v) is 7.51. The molecule has 0 spiro atoms. The van der Waals surface area contributed by atoms with E-state index in [9.17, 15) is 4.39 Å². The van der Waals surface area contributed by atoms with Crippen molar-refractivity contribution in [2.24, 2.45) is 0 Å². The molecule has 1 aromatic carbocycles. The van der Waals surface area contributed by atoms with Gasteiger partial charge in [0.05, 0.1) is 18.0 Å². The van der Waals surface area contributed by atoms with E-state index in [1.165, 1.54) is 18.6 Å². The van der Waals surface area contributed by atoms with Crippen molar-refractivity contribution in [1.29, 1.82) is 0 Å². The molecule has 3 rings (SSSR count). The standard InChI is InChI=1S/C16H19FN4O/c1-21(11-14-7-2-3-8-22-14)16-19-15(10-18-20-16)12-5-4-6-13(17)9-12/h4-6,9-10,14H,2-3,7-8,11H2,1H3. The van der Waals surface area contributed by atoms with Crippen LogP contribution >= 0.6 is 0 Å². The SMILES string of the molecule is CN(CC1CCCCO1)c1nncc(-c2cccc(F)c2)n1. The minimum Gasteiger partial charge on any atom is -0.376 e. The van der Waals surface area contributed by atoms with Gasteiger partial charge in [-0.3, -0.25) is 0 Å². The lowest BCUT2D eigenvalue weighted by Crippen LogP contribution is -2.34. The fourth-order valence-corrected chi connectivity index (χ4v) is 2.58. The Kier molecular flexibility index (Phi) is 4.58. The zero-order valence-corrected chi connectivity index (χ0v) is 12.6. The highest BCUT2D eigenvalue weighted by molar-refractivity contribution is 5.59. The first-order chi connectivity index (χ1) is 10.7. The average Bonchev–Trinajstić information content (AvgIpc) is 2.56. The maximum absolute atomic E-state index is 13.3. The number of ether oxygens (including phenoxy) is 1. The normalized spacial score (nSPS) is 18.2. The summed E-state index contributed by atoms with van der Waals surface area (Å²) in [4.78, 5) is 6.42. The third-order valence-corrected chi connectivity index (χ3v) is 3.76. The summed E-state index contributed by atoms with van der Waals surface area (Å²) in [5.41, 5.74) is 1.30. The lowest BCUT2D eigenvalue weighted by Gasteiger charge is -2.27. The molecule has 0 N–H and O–H groups in total. The van der Waals surface area contributed by atoms with Crippen LogP contribution in [-0.4, -0.2) is 41.5 Å². The fraction of sp³-hybridized carbons (Fsp3) is 0.438. The van der Waals surface area contributed by atoms with E-state index in [1.54, 1.807) is 18.3 Å². The molecule has 0 amide bonds. The molecular formula is C16H19FN4O. The Morgan fingerprint density at radius 1 is 1.36 bits per heavy atom. The van der Waals surface area contributed by atoms with E-state index in [1.807, 2.05) is 11.9 Å². The van der Waals surface area contributed by atoms with Gasteiger partial charge in [-0.25, -0.2) is 9.37 Å². The van der Waals surface area contributed by atoms with Crippen LogP contribution in [0.25, 0.3) is 11.3 Å². The molecule has 1 atom stereocenters. The van der Waals surface area contributed by atoms with Crippen LogP contribution < -0.4 is 4.90 Å². The molecule has 1 saturated heterocycles. The van der Waals surface area contributed by atoms with Gasteiger partial charge < -0.3 is 9.64 Å². The van der Waals surface area contributed by atoms with Gasteiger partial charge in [0, 0.05) is 25.8 Å². The molecule has 0 aliphatic carbocycles. The molecule has 1 aliphatic rings. The monoisotopic (exact) mass is 302 g/mol. The van der Waals surface area contributed by atoms with Gasteiger partial charge in [0.15, 0.2) is 0 Å². The van der Waals surface area contributed by atoms with Crippen molar-refractivity contribution < 1.29 is 9.13 Å². The molecule has 2 heterocycles. The number of nitrogens with zero attached hydrogens (tertiary/aromatic N) is 4. The van der Waals surface area contributed by atoms with Crippen molar-refractivity contribution >= 4 is 5.95 Å². The molecule has 0 saturated carbocycles. The predicted molar refractivity (Wildman–Crippen MR) is 82.1 cm³/mol. The van der Waals surface area contributed by atoms with Crippen LogP contribution in [0.1, 0.15) is 19.3 Å². The number of anilines is 1. The summed E-state index contributed by atoms with van der Waals surface area (Å²) in [6, 6.07) is 6.32. The fourth-order valence-electron chi connectivity index (χ4n) is 2.58. The Bertz CT molecular complexity index is 631. The maximum atomic E-state index is 13.3. The Labute approximate surface area is 129 Å². The number of hydrogen-bond donors (Lipinski definition) is 0. The molecule has 5 nitrogen and oxygen atoms in total. The van der Waals surface area contributed by atoms with Gasteiger partial charge >= 0.3 is 0 Å². The summed E-state index contributed by atoms with van der Waals surface area (Å²) in [6.45, 7) is 1.55. The summed E-state index contributed by atoms with van der Waals surface area (Å²) in [5, 5.41) is 8.06. The highest BCUT2D eigenvalue weighted by atomic mass is 19.1. The predicted octanol–water partition coefficient (Wildman–Crippen LogP) is 2.68. The van der Waals surface area contributed by atoms with Crippen LogP contribution in [0.5, 0.6) is 0 Å². The van der Waals surface area contributed by atoms with E-state index >= 15 is 0 Å². The molecule has 1 unspecified atom stereocenters. The lowest BCUT2D eigenvalue weighted by atomic mass is 10.1. The number of rotatable bonds is 4. The Hall–Kier alpha value is -2.08. The van der Waals surface area contributed by atoms with Crippen molar-refractivity contribution in [3.8, 4) is 11.3 Å². The summed E-state index contributed by atoms with van der Waals surface area (Å²) < 4.78 is 19.1. The summed E-state index contributed by atoms with van der Waals surface area (Å²) in [6.07, 6.45) is 5.14. The Morgan fingerprint density at radius 2 is 2.27 bits per heavy atom. The zero-order chi connectivity index (χ0) is 15.4. The number of likely N-dealkylation sites (N-methyl/N-ethyl adjacent to an activating group) is 1. The van der Waals surface area contributed by atoms with Crippen LogP contribution in [0.15, 0.2) is 30.5 Å². The van der Waals surface area contributed by atoms with Gasteiger partial charge in [-0.1, -0.05) is 12.1 Å². The van der Waals surface area contributed by atoms with Crippen molar-refractivity contribution in [2.75, 3.05) is 25.1 Å². The summed E-state index contributed by atoms with van der Waals surface area (Å²) >= 11 is 0. The van der Waals surface area contributed by atoms with Gasteiger partial charge in [-0.2, -0.15) is 5.10 Å². The number of aromatic nitrogens is 3. The van der Waals surface area contributed by atoms with E-state index in [2.05, 4.69) is 15.2 Å². The van der Waals surface area contributed by atoms with E-state index < -0.39 is 0 Å². The molecule has 0 radical (unpaired) electrons. The minimum atomic E-state index is -0.290. The smallest absolute Gasteiger partial charge is 0.245 e. The van der Waals surface area contributed by atoms with Gasteiger partial charge in [-0.05, 0) is 31.4 Å². The van der Waals surface area contributed by atoms with Gasteiger partial charge in [0.1, 0.15) is 5.82 Å². The van der Waals surface area contributed by atoms with Crippen molar-refractivity contribution in [2.45, 2.75) is 25.4 Å². The summed E-state index contributed by atoms with van der Waals surface area (Å²) in [7, 11) is 1.92. The van der Waals surface area contributed by atoms with Crippen LogP contribution in [0.4, 0.5) is 10.3 Å². The minimum absolute atomic E-state index is 0.208. The van der Waals surface area contributed by atoms with Crippen LogP contribution in [0, 0.1) is 5.82 Å². The van der Waals surface area contributed by atoms with E-state index in [4.69, 9.17) is 4.74 Å². The molecule has 1 aliphatic heterocycles. The molecule has 1 aromatic heterocycles. The zero-order valence-electron chi connectivity index (χ0n) is 12.6. The number of halogens is 1. The van der Waals surface area contributed by atoms with Crippen LogP contribution in [0.3, 0.4) is 0 Å². The van der Waals surface area contributed by atoms with Crippen LogP contribution in [-0.2, 0) is 4.74 Å². The second-order valence-electron chi connectivity index (χ2n) is 5.52. The molecule has 116 valence electrons. The van der Waals surface area contributed by atoms with E-state index in [-0.39, 0.29) is 11.9 Å². The molecule has 22 heavy (non-hydrogen) atoms. The molecular weight excluding hydrogens is 283 g/mol. The van der Waals surface area contributed by atoms with Crippen LogP contribution in [0.2, 0.25) is 0 Å². The number of benzene rings is 1. The van der Waals surface area contributed by atoms with Gasteiger partial charge in [0.2, 0.25) is 5.95 Å². The third kappa shape index (κ3) is 3.57. The number of hydrogen-bond acceptors (Lipinski definition) is 5. The Balaban J connectivity index is 1.75. The van der Waals surface area contributed by atoms with Crippen molar-refractivity contribution in [3.63, 3.8) is 0 Å². The first-order valence-electron chi connectivity index (χ1n) is 7.51. The molecule has 2 aromatic rings. The largest absolute Gasteiger partial charge is 0.376 e. The lowest BCUT2D eigenvalue weighted by molar-refractivity contribution is 0.0214. The first kappa shape index (κ1) is 14.8. The van der Waals surface area contributed by atoms with Gasteiger partial charge in [0.25, 0.3) is 0 Å². The average molecular weight is 302 g/mol.